The number of benzene rings is 1. The second-order valence-electron chi connectivity index (χ2n) is 5.73. The van der Waals surface area contributed by atoms with E-state index in [1.807, 2.05) is 0 Å². The molecule has 1 aliphatic rings. The molecular formula is C16H25BrN2. The van der Waals surface area contributed by atoms with Gasteiger partial charge in [0.05, 0.1) is 0 Å². The molecule has 1 aromatic carbocycles. The van der Waals surface area contributed by atoms with Gasteiger partial charge in [0, 0.05) is 24.1 Å². The standard InChI is InChI=1S/C16H25BrN2/c1-3-7-18-10-14-4-5-15(16(17)9-14)12-19-8-6-13(2)11-19/h4-5,9,13,18H,3,6-8,10-12H2,1-2H3. The summed E-state index contributed by atoms with van der Waals surface area (Å²) in [4.78, 5) is 2.56. The summed E-state index contributed by atoms with van der Waals surface area (Å²) in [5, 5.41) is 3.45. The van der Waals surface area contributed by atoms with Crippen LogP contribution in [0.3, 0.4) is 0 Å². The molecule has 2 nitrogen and oxygen atoms in total. The summed E-state index contributed by atoms with van der Waals surface area (Å²) in [5.74, 6) is 0.858. The van der Waals surface area contributed by atoms with Crippen molar-refractivity contribution in [2.45, 2.75) is 39.8 Å². The minimum Gasteiger partial charge on any atom is -0.313 e. The first-order valence-corrected chi connectivity index (χ1v) is 8.18. The largest absolute Gasteiger partial charge is 0.313 e. The molecule has 1 atom stereocenters. The minimum absolute atomic E-state index is 0.858. The van der Waals surface area contributed by atoms with E-state index in [0.717, 1.165) is 25.6 Å². The summed E-state index contributed by atoms with van der Waals surface area (Å²) >= 11 is 3.72. The van der Waals surface area contributed by atoms with Crippen molar-refractivity contribution in [3.8, 4) is 0 Å². The van der Waals surface area contributed by atoms with Gasteiger partial charge in [-0.3, -0.25) is 4.90 Å². The SMILES string of the molecule is CCCNCc1ccc(CN2CCC(C)C2)c(Br)c1. The molecule has 1 fully saturated rings. The molecule has 1 heterocycles. The van der Waals surface area contributed by atoms with Crippen LogP contribution in [0.5, 0.6) is 0 Å². The van der Waals surface area contributed by atoms with Crippen LogP contribution in [-0.2, 0) is 13.1 Å². The smallest absolute Gasteiger partial charge is 0.0245 e. The van der Waals surface area contributed by atoms with Crippen LogP contribution >= 0.6 is 15.9 Å². The number of likely N-dealkylation sites (tertiary alicyclic amines) is 1. The van der Waals surface area contributed by atoms with E-state index in [1.165, 1.54) is 41.5 Å². The van der Waals surface area contributed by atoms with Crippen molar-refractivity contribution in [3.05, 3.63) is 33.8 Å². The van der Waals surface area contributed by atoms with E-state index in [0.29, 0.717) is 0 Å². The number of halogens is 1. The summed E-state index contributed by atoms with van der Waals surface area (Å²) in [6.07, 6.45) is 2.53. The lowest BCUT2D eigenvalue weighted by molar-refractivity contribution is 0.320. The van der Waals surface area contributed by atoms with Gasteiger partial charge in [-0.05, 0) is 49.0 Å². The van der Waals surface area contributed by atoms with Crippen LogP contribution in [-0.4, -0.2) is 24.5 Å². The third-order valence-corrected chi connectivity index (χ3v) is 4.51. The maximum Gasteiger partial charge on any atom is 0.0245 e. The van der Waals surface area contributed by atoms with Gasteiger partial charge in [0.2, 0.25) is 0 Å². The zero-order valence-corrected chi connectivity index (χ0v) is 13.7. The van der Waals surface area contributed by atoms with E-state index in [9.17, 15) is 0 Å². The highest BCUT2D eigenvalue weighted by molar-refractivity contribution is 9.10. The highest BCUT2D eigenvalue weighted by Crippen LogP contribution is 2.23. The molecule has 0 bridgehead atoms. The van der Waals surface area contributed by atoms with Gasteiger partial charge in [0.15, 0.2) is 0 Å². The average Bonchev–Trinajstić information content (AvgIpc) is 2.79. The number of hydrogen-bond acceptors (Lipinski definition) is 2. The van der Waals surface area contributed by atoms with Crippen LogP contribution in [0.1, 0.15) is 37.8 Å². The van der Waals surface area contributed by atoms with Crippen LogP contribution in [0.25, 0.3) is 0 Å². The molecule has 3 heteroatoms. The Morgan fingerprint density at radius 3 is 2.89 bits per heavy atom. The summed E-state index contributed by atoms with van der Waals surface area (Å²) in [7, 11) is 0. The molecular weight excluding hydrogens is 300 g/mol. The topological polar surface area (TPSA) is 15.3 Å². The van der Waals surface area contributed by atoms with Crippen molar-refractivity contribution in [1.29, 1.82) is 0 Å². The Morgan fingerprint density at radius 1 is 1.42 bits per heavy atom. The van der Waals surface area contributed by atoms with Crippen LogP contribution in [0.4, 0.5) is 0 Å². The molecule has 0 saturated carbocycles. The highest BCUT2D eigenvalue weighted by Gasteiger charge is 2.19. The molecule has 0 amide bonds. The molecule has 19 heavy (non-hydrogen) atoms. The Balaban J connectivity index is 1.91. The molecule has 106 valence electrons. The lowest BCUT2D eigenvalue weighted by atomic mass is 10.1. The van der Waals surface area contributed by atoms with Crippen LogP contribution in [0.15, 0.2) is 22.7 Å². The fourth-order valence-corrected chi connectivity index (χ4v) is 3.20. The first kappa shape index (κ1) is 15.0. The van der Waals surface area contributed by atoms with Crippen LogP contribution in [0, 0.1) is 5.92 Å². The molecule has 1 aromatic rings. The van der Waals surface area contributed by atoms with E-state index in [1.54, 1.807) is 0 Å². The normalized spacial score (nSPS) is 20.1. The molecule has 1 saturated heterocycles. The predicted molar refractivity (Wildman–Crippen MR) is 85.2 cm³/mol. The zero-order chi connectivity index (χ0) is 13.7. The van der Waals surface area contributed by atoms with Gasteiger partial charge >= 0.3 is 0 Å². The Kier molecular flexibility index (Phi) is 5.86. The zero-order valence-electron chi connectivity index (χ0n) is 12.1. The molecule has 0 aromatic heterocycles. The molecule has 1 N–H and O–H groups in total. The van der Waals surface area contributed by atoms with Gasteiger partial charge in [-0.2, -0.15) is 0 Å². The van der Waals surface area contributed by atoms with E-state index in [2.05, 4.69) is 58.2 Å². The summed E-state index contributed by atoms with van der Waals surface area (Å²) in [5.41, 5.74) is 2.77. The third-order valence-electron chi connectivity index (χ3n) is 3.78. The quantitative estimate of drug-likeness (QED) is 0.801. The van der Waals surface area contributed by atoms with Crippen LogP contribution in [0.2, 0.25) is 0 Å². The fraction of sp³-hybridized carbons (Fsp3) is 0.625. The minimum atomic E-state index is 0.858. The number of nitrogens with zero attached hydrogens (tertiary/aromatic N) is 1. The Bertz CT molecular complexity index is 406. The lowest BCUT2D eigenvalue weighted by Crippen LogP contribution is -2.20. The number of hydrogen-bond donors (Lipinski definition) is 1. The first-order chi connectivity index (χ1) is 9.19. The molecule has 0 radical (unpaired) electrons. The van der Waals surface area contributed by atoms with E-state index in [-0.39, 0.29) is 0 Å². The number of nitrogens with one attached hydrogen (secondary N) is 1. The van der Waals surface area contributed by atoms with Crippen molar-refractivity contribution >= 4 is 15.9 Å². The monoisotopic (exact) mass is 324 g/mol. The third kappa shape index (κ3) is 4.59. The first-order valence-electron chi connectivity index (χ1n) is 7.39. The maximum absolute atomic E-state index is 3.72. The lowest BCUT2D eigenvalue weighted by Gasteiger charge is -2.17. The number of rotatable bonds is 6. The van der Waals surface area contributed by atoms with Gasteiger partial charge < -0.3 is 5.32 Å². The van der Waals surface area contributed by atoms with Gasteiger partial charge in [0.25, 0.3) is 0 Å². The van der Waals surface area contributed by atoms with E-state index >= 15 is 0 Å². The Hall–Kier alpha value is -0.380. The van der Waals surface area contributed by atoms with Gasteiger partial charge in [-0.25, -0.2) is 0 Å². The van der Waals surface area contributed by atoms with Crippen molar-refractivity contribution < 1.29 is 0 Å². The molecule has 0 aliphatic carbocycles. The van der Waals surface area contributed by atoms with Crippen LogP contribution < -0.4 is 5.32 Å². The summed E-state index contributed by atoms with van der Waals surface area (Å²) in [6.45, 7) is 10.2. The van der Waals surface area contributed by atoms with E-state index in [4.69, 9.17) is 0 Å². The predicted octanol–water partition coefficient (Wildman–Crippen LogP) is 3.79. The molecule has 2 rings (SSSR count). The van der Waals surface area contributed by atoms with Gasteiger partial charge in [-0.1, -0.05) is 41.9 Å². The van der Waals surface area contributed by atoms with Gasteiger partial charge in [0.1, 0.15) is 0 Å². The van der Waals surface area contributed by atoms with Crippen molar-refractivity contribution in [2.24, 2.45) is 5.92 Å². The fourth-order valence-electron chi connectivity index (χ4n) is 2.65. The summed E-state index contributed by atoms with van der Waals surface area (Å²) in [6, 6.07) is 6.79. The van der Waals surface area contributed by atoms with Gasteiger partial charge in [-0.15, -0.1) is 0 Å². The maximum atomic E-state index is 3.72. The van der Waals surface area contributed by atoms with Crippen molar-refractivity contribution in [3.63, 3.8) is 0 Å². The molecule has 0 spiro atoms. The highest BCUT2D eigenvalue weighted by atomic mass is 79.9. The van der Waals surface area contributed by atoms with Crippen molar-refractivity contribution in [1.82, 2.24) is 10.2 Å². The van der Waals surface area contributed by atoms with Crippen molar-refractivity contribution in [2.75, 3.05) is 19.6 Å². The second kappa shape index (κ2) is 7.41. The molecule has 1 unspecified atom stereocenters. The second-order valence-corrected chi connectivity index (χ2v) is 6.59. The molecule has 1 aliphatic heterocycles. The average molecular weight is 325 g/mol. The Labute approximate surface area is 125 Å². The summed E-state index contributed by atoms with van der Waals surface area (Å²) < 4.78 is 1.25. The van der Waals surface area contributed by atoms with E-state index < -0.39 is 0 Å². The Morgan fingerprint density at radius 2 is 2.26 bits per heavy atom.